The fraction of sp³-hybridized carbons (Fsp3) is 0.438. The first-order chi connectivity index (χ1) is 10.9. The van der Waals surface area contributed by atoms with Gasteiger partial charge in [0.2, 0.25) is 5.96 Å². The number of halogens is 2. The maximum atomic E-state index is 6.36. The lowest BCUT2D eigenvalue weighted by Gasteiger charge is -2.27. The number of benzene rings is 1. The fourth-order valence-corrected chi connectivity index (χ4v) is 2.66. The first-order valence-corrected chi connectivity index (χ1v) is 8.34. The summed E-state index contributed by atoms with van der Waals surface area (Å²) < 4.78 is 0. The summed E-state index contributed by atoms with van der Waals surface area (Å²) in [6.07, 6.45) is 6.57. The van der Waals surface area contributed by atoms with Crippen LogP contribution in [0.3, 0.4) is 0 Å². The molecule has 0 fully saturated rings. The molecule has 126 valence electrons. The van der Waals surface area contributed by atoms with E-state index in [2.05, 4.69) is 34.6 Å². The average molecular weight is 356 g/mol. The Bertz CT molecular complexity index is 600. The first-order valence-electron chi connectivity index (χ1n) is 7.58. The summed E-state index contributed by atoms with van der Waals surface area (Å²) in [6.45, 7) is 1.05. The van der Waals surface area contributed by atoms with Crippen LogP contribution in [0.25, 0.3) is 0 Å². The number of nitrogens with two attached hydrogens (primary N) is 1. The molecule has 1 atom stereocenters. The Balaban J connectivity index is 2.00. The minimum absolute atomic E-state index is 0.460. The second-order valence-electron chi connectivity index (χ2n) is 5.92. The van der Waals surface area contributed by atoms with Gasteiger partial charge in [-0.1, -0.05) is 29.3 Å². The molecule has 1 unspecified atom stereocenters. The van der Waals surface area contributed by atoms with Crippen LogP contribution in [0, 0.1) is 0 Å². The summed E-state index contributed by atoms with van der Waals surface area (Å²) in [4.78, 5) is 6.73. The zero-order chi connectivity index (χ0) is 16.9. The summed E-state index contributed by atoms with van der Waals surface area (Å²) in [5.41, 5.74) is 6.35. The highest BCUT2D eigenvalue weighted by molar-refractivity contribution is 6.44. The molecule has 0 aliphatic carbocycles. The number of anilines is 1. The van der Waals surface area contributed by atoms with Gasteiger partial charge in [0.1, 0.15) is 5.66 Å². The standard InChI is InChI=1S/C16H23Cl2N5/c1-23(2)11-4-3-8-16(19)9-10-20-15(22-16)21-13-7-5-6-12(17)14(13)18/h5-7,9-10H,3-4,8,11,19H2,1-2H3,(H2,20,21,22). The van der Waals surface area contributed by atoms with Gasteiger partial charge in [-0.3, -0.25) is 0 Å². The van der Waals surface area contributed by atoms with E-state index in [4.69, 9.17) is 28.9 Å². The third-order valence-electron chi connectivity index (χ3n) is 3.55. The lowest BCUT2D eigenvalue weighted by molar-refractivity contribution is 0.376. The van der Waals surface area contributed by atoms with Crippen molar-refractivity contribution >= 4 is 34.8 Å². The molecule has 0 saturated carbocycles. The maximum absolute atomic E-state index is 6.36. The lowest BCUT2D eigenvalue weighted by atomic mass is 10.0. The normalized spacial score (nSPS) is 20.3. The number of aliphatic imine (C=N–C) groups is 1. The quantitative estimate of drug-likeness (QED) is 0.685. The highest BCUT2D eigenvalue weighted by Crippen LogP contribution is 2.29. The molecule has 0 bridgehead atoms. The van der Waals surface area contributed by atoms with Gasteiger partial charge in [-0.05, 0) is 58.1 Å². The number of hydrogen-bond acceptors (Lipinski definition) is 5. The largest absolute Gasteiger partial charge is 0.333 e. The van der Waals surface area contributed by atoms with Crippen LogP contribution in [0.1, 0.15) is 19.3 Å². The molecule has 1 heterocycles. The topological polar surface area (TPSA) is 65.7 Å². The van der Waals surface area contributed by atoms with Crippen LogP contribution in [-0.2, 0) is 0 Å². The van der Waals surface area contributed by atoms with Crippen molar-refractivity contribution in [1.29, 1.82) is 0 Å². The minimum Gasteiger partial charge on any atom is -0.333 e. The predicted molar refractivity (Wildman–Crippen MR) is 99.1 cm³/mol. The van der Waals surface area contributed by atoms with Crippen molar-refractivity contribution in [3.8, 4) is 0 Å². The SMILES string of the molecule is CN(C)CCCCC1(N)C=CNC(Nc2cccc(Cl)c2Cl)=N1. The van der Waals surface area contributed by atoms with Crippen molar-refractivity contribution in [1.82, 2.24) is 10.2 Å². The van der Waals surface area contributed by atoms with Gasteiger partial charge in [-0.15, -0.1) is 0 Å². The van der Waals surface area contributed by atoms with Gasteiger partial charge < -0.3 is 21.3 Å². The van der Waals surface area contributed by atoms with E-state index < -0.39 is 5.66 Å². The van der Waals surface area contributed by atoms with Crippen molar-refractivity contribution in [2.75, 3.05) is 26.0 Å². The number of rotatable bonds is 6. The molecule has 2 rings (SSSR count). The van der Waals surface area contributed by atoms with E-state index in [-0.39, 0.29) is 0 Å². The molecule has 7 heteroatoms. The molecule has 23 heavy (non-hydrogen) atoms. The molecule has 1 aliphatic rings. The number of nitrogens with zero attached hydrogens (tertiary/aromatic N) is 2. The number of hydrogen-bond donors (Lipinski definition) is 3. The predicted octanol–water partition coefficient (Wildman–Crippen LogP) is 3.27. The highest BCUT2D eigenvalue weighted by atomic mass is 35.5. The van der Waals surface area contributed by atoms with E-state index in [1.54, 1.807) is 12.3 Å². The third kappa shape index (κ3) is 5.39. The van der Waals surface area contributed by atoms with Gasteiger partial charge in [0.15, 0.2) is 0 Å². The molecule has 0 saturated heterocycles. The van der Waals surface area contributed by atoms with Gasteiger partial charge in [-0.2, -0.15) is 0 Å². The number of nitrogens with one attached hydrogen (secondary N) is 2. The molecule has 5 nitrogen and oxygen atoms in total. The summed E-state index contributed by atoms with van der Waals surface area (Å²) in [5.74, 6) is 0.562. The van der Waals surface area contributed by atoms with Gasteiger partial charge in [0.25, 0.3) is 0 Å². The van der Waals surface area contributed by atoms with Crippen molar-refractivity contribution < 1.29 is 0 Å². The molecule has 0 radical (unpaired) electrons. The maximum Gasteiger partial charge on any atom is 0.202 e. The van der Waals surface area contributed by atoms with Crippen LogP contribution in [0.5, 0.6) is 0 Å². The zero-order valence-corrected chi connectivity index (χ0v) is 15.0. The van der Waals surface area contributed by atoms with Crippen LogP contribution >= 0.6 is 23.2 Å². The van der Waals surface area contributed by atoms with Gasteiger partial charge in [0, 0.05) is 6.20 Å². The van der Waals surface area contributed by atoms with E-state index in [1.165, 1.54) is 0 Å². The second kappa shape index (κ2) is 8.02. The van der Waals surface area contributed by atoms with Crippen molar-refractivity contribution in [3.05, 3.63) is 40.5 Å². The summed E-state index contributed by atoms with van der Waals surface area (Å²) >= 11 is 12.2. The molecular weight excluding hydrogens is 333 g/mol. The Hall–Kier alpha value is -1.27. The molecule has 1 aromatic rings. The van der Waals surface area contributed by atoms with Crippen molar-refractivity contribution in [2.45, 2.75) is 24.9 Å². The molecule has 1 aromatic carbocycles. The van der Waals surface area contributed by atoms with E-state index in [0.717, 1.165) is 25.8 Å². The molecular formula is C16H23Cl2N5. The second-order valence-corrected chi connectivity index (χ2v) is 6.70. The van der Waals surface area contributed by atoms with Gasteiger partial charge >= 0.3 is 0 Å². The van der Waals surface area contributed by atoms with Crippen molar-refractivity contribution in [2.24, 2.45) is 10.7 Å². The third-order valence-corrected chi connectivity index (χ3v) is 4.37. The van der Waals surface area contributed by atoms with E-state index >= 15 is 0 Å². The Morgan fingerprint density at radius 2 is 2.09 bits per heavy atom. The average Bonchev–Trinajstić information content (AvgIpc) is 2.48. The Labute approximate surface area is 147 Å². The van der Waals surface area contributed by atoms with Gasteiger partial charge in [-0.25, -0.2) is 4.99 Å². The van der Waals surface area contributed by atoms with Crippen LogP contribution < -0.4 is 16.4 Å². The molecule has 0 aromatic heterocycles. The summed E-state index contributed by atoms with van der Waals surface area (Å²) in [5, 5.41) is 7.14. The smallest absolute Gasteiger partial charge is 0.202 e. The van der Waals surface area contributed by atoms with Gasteiger partial charge in [0.05, 0.1) is 15.7 Å². The van der Waals surface area contributed by atoms with Crippen LogP contribution in [0.2, 0.25) is 10.0 Å². The molecule has 0 amide bonds. The minimum atomic E-state index is -0.703. The number of guanidine groups is 1. The summed E-state index contributed by atoms with van der Waals surface area (Å²) in [7, 11) is 4.13. The molecule has 1 aliphatic heterocycles. The first kappa shape index (κ1) is 18.1. The Morgan fingerprint density at radius 3 is 2.83 bits per heavy atom. The van der Waals surface area contributed by atoms with Crippen molar-refractivity contribution in [3.63, 3.8) is 0 Å². The number of unbranched alkanes of at least 4 members (excludes halogenated alkanes) is 1. The Kier molecular flexibility index (Phi) is 6.30. The van der Waals surface area contributed by atoms with E-state index in [9.17, 15) is 0 Å². The van der Waals surface area contributed by atoms with E-state index in [0.29, 0.717) is 21.7 Å². The Morgan fingerprint density at radius 1 is 1.30 bits per heavy atom. The summed E-state index contributed by atoms with van der Waals surface area (Å²) in [6, 6.07) is 5.40. The van der Waals surface area contributed by atoms with E-state index in [1.807, 2.05) is 18.2 Å². The zero-order valence-electron chi connectivity index (χ0n) is 13.4. The van der Waals surface area contributed by atoms with Crippen LogP contribution in [-0.4, -0.2) is 37.2 Å². The van der Waals surface area contributed by atoms with Crippen LogP contribution in [0.15, 0.2) is 35.5 Å². The molecule has 0 spiro atoms. The lowest BCUT2D eigenvalue weighted by Crippen LogP contribution is -2.44. The fourth-order valence-electron chi connectivity index (χ4n) is 2.31. The van der Waals surface area contributed by atoms with Crippen LogP contribution in [0.4, 0.5) is 5.69 Å². The highest BCUT2D eigenvalue weighted by Gasteiger charge is 2.24. The monoisotopic (exact) mass is 355 g/mol. The molecule has 4 N–H and O–H groups in total.